The van der Waals surface area contributed by atoms with E-state index in [0.717, 1.165) is 4.57 Å². The van der Waals surface area contributed by atoms with Gasteiger partial charge in [-0.2, -0.15) is 0 Å². The van der Waals surface area contributed by atoms with E-state index in [4.69, 9.17) is 9.84 Å². The maximum atomic E-state index is 11.7. The van der Waals surface area contributed by atoms with Crippen molar-refractivity contribution in [1.82, 2.24) is 9.55 Å². The number of hydrogen-bond acceptors (Lipinski definition) is 6. The van der Waals surface area contributed by atoms with Crippen LogP contribution in [0.15, 0.2) is 15.8 Å². The van der Waals surface area contributed by atoms with Crippen molar-refractivity contribution < 1.29 is 20.1 Å². The Labute approximate surface area is 120 Å². The first kappa shape index (κ1) is 14.7. The lowest BCUT2D eigenvalue weighted by Gasteiger charge is -2.27. The summed E-state index contributed by atoms with van der Waals surface area (Å²) in [5.41, 5.74) is -3.07. The fourth-order valence-electron chi connectivity index (χ4n) is 2.03. The normalized spacial score (nSPS) is 34.7. The molecule has 1 saturated heterocycles. The van der Waals surface area contributed by atoms with Crippen molar-refractivity contribution >= 4 is 22.6 Å². The van der Waals surface area contributed by atoms with Gasteiger partial charge in [-0.3, -0.25) is 14.3 Å². The molecule has 2 rings (SSSR count). The Bertz CT molecular complexity index is 594. The largest absolute Gasteiger partial charge is 0.394 e. The van der Waals surface area contributed by atoms with Crippen molar-refractivity contribution in [3.05, 3.63) is 30.6 Å². The van der Waals surface area contributed by atoms with Gasteiger partial charge in [0.2, 0.25) is 0 Å². The average molecular weight is 384 g/mol. The monoisotopic (exact) mass is 384 g/mol. The lowest BCUT2D eigenvalue weighted by atomic mass is 9.96. The summed E-state index contributed by atoms with van der Waals surface area (Å²) in [7, 11) is 0. The van der Waals surface area contributed by atoms with E-state index in [1.807, 2.05) is 0 Å². The third-order valence-electron chi connectivity index (χ3n) is 3.11. The second kappa shape index (κ2) is 4.98. The molecule has 1 aromatic heterocycles. The third-order valence-corrected chi connectivity index (χ3v) is 3.88. The van der Waals surface area contributed by atoms with E-state index < -0.39 is 41.9 Å². The van der Waals surface area contributed by atoms with Crippen LogP contribution in [0.2, 0.25) is 0 Å². The number of aliphatic hydroxyl groups excluding tert-OH is 2. The standard InChI is InChI=1S/C10H13IN2O6/c1-10(18)6(15)5(3-14)19-8(10)13-2-4(11)7(16)12-9(13)17/h2,5-6,8,14-15,18H,3H2,1H3,(H,12,16,17)/t5-,6?,8-,10+/m1/s1. The molecule has 1 aliphatic rings. The molecule has 0 aliphatic carbocycles. The number of halogens is 1. The van der Waals surface area contributed by atoms with Crippen LogP contribution in [-0.2, 0) is 4.74 Å². The molecular formula is C10H13IN2O6. The summed E-state index contributed by atoms with van der Waals surface area (Å²) in [6, 6.07) is 0. The van der Waals surface area contributed by atoms with Crippen molar-refractivity contribution in [3.8, 4) is 0 Å². The van der Waals surface area contributed by atoms with E-state index in [-0.39, 0.29) is 3.57 Å². The van der Waals surface area contributed by atoms with Crippen LogP contribution in [0, 0.1) is 3.57 Å². The van der Waals surface area contributed by atoms with Crippen LogP contribution in [0.3, 0.4) is 0 Å². The van der Waals surface area contributed by atoms with Crippen LogP contribution in [0.5, 0.6) is 0 Å². The zero-order valence-corrected chi connectivity index (χ0v) is 12.1. The number of nitrogens with zero attached hydrogens (tertiary/aromatic N) is 1. The fourth-order valence-corrected chi connectivity index (χ4v) is 2.46. The van der Waals surface area contributed by atoms with Crippen LogP contribution in [0.4, 0.5) is 0 Å². The van der Waals surface area contributed by atoms with E-state index in [1.165, 1.54) is 13.1 Å². The number of ether oxygens (including phenoxy) is 1. The Morgan fingerprint density at radius 2 is 2.21 bits per heavy atom. The van der Waals surface area contributed by atoms with Gasteiger partial charge in [-0.05, 0) is 29.5 Å². The van der Waals surface area contributed by atoms with E-state index in [1.54, 1.807) is 22.6 Å². The summed E-state index contributed by atoms with van der Waals surface area (Å²) >= 11 is 1.73. The van der Waals surface area contributed by atoms with Gasteiger partial charge in [-0.1, -0.05) is 0 Å². The van der Waals surface area contributed by atoms with Crippen LogP contribution >= 0.6 is 22.6 Å². The molecule has 0 bridgehead atoms. The lowest BCUT2D eigenvalue weighted by molar-refractivity contribution is -0.0988. The first-order valence-corrected chi connectivity index (χ1v) is 6.54. The summed E-state index contributed by atoms with van der Waals surface area (Å²) in [5.74, 6) is 0. The number of nitrogens with one attached hydrogen (secondary N) is 1. The zero-order chi connectivity index (χ0) is 14.4. The van der Waals surface area contributed by atoms with Crippen LogP contribution < -0.4 is 11.2 Å². The average Bonchev–Trinajstić information content (AvgIpc) is 2.56. The number of aromatic amines is 1. The maximum absolute atomic E-state index is 11.7. The minimum Gasteiger partial charge on any atom is -0.394 e. The predicted octanol–water partition coefficient (Wildman–Crippen LogP) is -1.86. The van der Waals surface area contributed by atoms with Gasteiger partial charge in [0.25, 0.3) is 5.56 Å². The lowest BCUT2D eigenvalue weighted by Crippen LogP contribution is -2.47. The fraction of sp³-hybridized carbons (Fsp3) is 0.600. The van der Waals surface area contributed by atoms with Crippen LogP contribution in [0.25, 0.3) is 0 Å². The number of aromatic nitrogens is 2. The van der Waals surface area contributed by atoms with Crippen molar-refractivity contribution in [1.29, 1.82) is 0 Å². The predicted molar refractivity (Wildman–Crippen MR) is 71.7 cm³/mol. The first-order chi connectivity index (χ1) is 8.78. The summed E-state index contributed by atoms with van der Waals surface area (Å²) in [4.78, 5) is 25.1. The Kier molecular flexibility index (Phi) is 3.84. The Hall–Kier alpha value is -0.750. The second-order valence-electron chi connectivity index (χ2n) is 4.52. The summed E-state index contributed by atoms with van der Waals surface area (Å²) in [6.45, 7) is 0.797. The number of rotatable bonds is 2. The minimum atomic E-state index is -1.77. The Morgan fingerprint density at radius 1 is 1.58 bits per heavy atom. The molecule has 4 atom stereocenters. The highest BCUT2D eigenvalue weighted by atomic mass is 127. The summed E-state index contributed by atoms with van der Waals surface area (Å²) in [5, 5.41) is 29.1. The van der Waals surface area contributed by atoms with Gasteiger partial charge in [0.15, 0.2) is 6.23 Å². The Morgan fingerprint density at radius 3 is 2.74 bits per heavy atom. The zero-order valence-electron chi connectivity index (χ0n) is 9.91. The highest BCUT2D eigenvalue weighted by Crippen LogP contribution is 2.37. The molecule has 2 heterocycles. The highest BCUT2D eigenvalue weighted by Gasteiger charge is 2.53. The van der Waals surface area contributed by atoms with Crippen LogP contribution in [0.1, 0.15) is 13.2 Å². The molecule has 0 spiro atoms. The number of aliphatic hydroxyl groups is 3. The molecule has 0 saturated carbocycles. The van der Waals surface area contributed by atoms with E-state index >= 15 is 0 Å². The van der Waals surface area contributed by atoms with E-state index in [0.29, 0.717) is 0 Å². The van der Waals surface area contributed by atoms with Gasteiger partial charge in [0.1, 0.15) is 17.8 Å². The third kappa shape index (κ3) is 2.36. The van der Waals surface area contributed by atoms with E-state index in [2.05, 4.69) is 4.98 Å². The van der Waals surface area contributed by atoms with E-state index in [9.17, 15) is 19.8 Å². The van der Waals surface area contributed by atoms with Crippen molar-refractivity contribution in [3.63, 3.8) is 0 Å². The van der Waals surface area contributed by atoms with Crippen LogP contribution in [-0.4, -0.2) is 49.3 Å². The van der Waals surface area contributed by atoms with Gasteiger partial charge in [-0.15, -0.1) is 0 Å². The quantitative estimate of drug-likeness (QED) is 0.444. The molecule has 0 radical (unpaired) electrons. The molecule has 4 N–H and O–H groups in total. The molecule has 1 unspecified atom stereocenters. The molecule has 19 heavy (non-hydrogen) atoms. The molecule has 8 nitrogen and oxygen atoms in total. The number of H-pyrrole nitrogens is 1. The Balaban J connectivity index is 2.51. The maximum Gasteiger partial charge on any atom is 0.330 e. The van der Waals surface area contributed by atoms with Crippen molar-refractivity contribution in [2.24, 2.45) is 0 Å². The number of hydrogen-bond donors (Lipinski definition) is 4. The highest BCUT2D eigenvalue weighted by molar-refractivity contribution is 14.1. The first-order valence-electron chi connectivity index (χ1n) is 5.46. The molecule has 1 fully saturated rings. The minimum absolute atomic E-state index is 0.235. The van der Waals surface area contributed by atoms with Gasteiger partial charge in [0.05, 0.1) is 10.2 Å². The molecule has 0 amide bonds. The van der Waals surface area contributed by atoms with Crippen molar-refractivity contribution in [2.45, 2.75) is 31.0 Å². The SMILES string of the molecule is C[C@]1(O)C(O)[C@@H](CO)O[C@H]1n1cc(I)c(=O)[nH]c1=O. The topological polar surface area (TPSA) is 125 Å². The molecule has 106 valence electrons. The van der Waals surface area contributed by atoms with Gasteiger partial charge in [-0.25, -0.2) is 4.79 Å². The van der Waals surface area contributed by atoms with Gasteiger partial charge < -0.3 is 20.1 Å². The second-order valence-corrected chi connectivity index (χ2v) is 5.69. The smallest absolute Gasteiger partial charge is 0.330 e. The molecule has 1 aromatic rings. The van der Waals surface area contributed by atoms with Crippen molar-refractivity contribution in [2.75, 3.05) is 6.61 Å². The molecule has 9 heteroatoms. The van der Waals surface area contributed by atoms with Gasteiger partial charge >= 0.3 is 5.69 Å². The van der Waals surface area contributed by atoms with Gasteiger partial charge in [0, 0.05) is 6.20 Å². The molecular weight excluding hydrogens is 371 g/mol. The molecule has 0 aromatic carbocycles. The molecule has 1 aliphatic heterocycles. The summed E-state index contributed by atoms with van der Waals surface area (Å²) in [6.07, 6.45) is -2.32. The summed E-state index contributed by atoms with van der Waals surface area (Å²) < 4.78 is 6.51.